The standard InChI is InChI=1S/C12H13ClN2O/c13-11-8-4-7-10(15-11)12(16)14-9-5-2-1-3-6-9/h1-2,4,7-9H,3,5-6H2,(H,14,16). The van der Waals surface area contributed by atoms with Crippen LogP contribution in [0.25, 0.3) is 0 Å². The van der Waals surface area contributed by atoms with Gasteiger partial charge in [0, 0.05) is 6.04 Å². The van der Waals surface area contributed by atoms with Gasteiger partial charge in [-0.25, -0.2) is 4.98 Å². The van der Waals surface area contributed by atoms with Crippen molar-refractivity contribution in [2.45, 2.75) is 25.3 Å². The van der Waals surface area contributed by atoms with Gasteiger partial charge in [-0.15, -0.1) is 0 Å². The van der Waals surface area contributed by atoms with Gasteiger partial charge in [0.25, 0.3) is 5.91 Å². The number of allylic oxidation sites excluding steroid dienone is 1. The van der Waals surface area contributed by atoms with Crippen LogP contribution in [0.15, 0.2) is 30.4 Å². The van der Waals surface area contributed by atoms with Crippen molar-refractivity contribution in [1.82, 2.24) is 10.3 Å². The molecule has 16 heavy (non-hydrogen) atoms. The topological polar surface area (TPSA) is 42.0 Å². The van der Waals surface area contributed by atoms with Gasteiger partial charge in [0.2, 0.25) is 0 Å². The molecule has 0 radical (unpaired) electrons. The first kappa shape index (κ1) is 11.1. The van der Waals surface area contributed by atoms with E-state index in [9.17, 15) is 4.79 Å². The van der Waals surface area contributed by atoms with Gasteiger partial charge in [0.15, 0.2) is 0 Å². The lowest BCUT2D eigenvalue weighted by Gasteiger charge is -2.18. The Kier molecular flexibility index (Phi) is 3.57. The molecule has 1 amide bonds. The Morgan fingerprint density at radius 3 is 3.00 bits per heavy atom. The highest BCUT2D eigenvalue weighted by Gasteiger charge is 2.14. The van der Waals surface area contributed by atoms with E-state index in [4.69, 9.17) is 11.6 Å². The van der Waals surface area contributed by atoms with Gasteiger partial charge in [0.1, 0.15) is 10.8 Å². The Morgan fingerprint density at radius 1 is 1.44 bits per heavy atom. The Balaban J connectivity index is 2.00. The van der Waals surface area contributed by atoms with E-state index in [0.717, 1.165) is 19.3 Å². The van der Waals surface area contributed by atoms with Crippen LogP contribution in [0.2, 0.25) is 5.15 Å². The maximum Gasteiger partial charge on any atom is 0.270 e. The summed E-state index contributed by atoms with van der Waals surface area (Å²) < 4.78 is 0. The summed E-state index contributed by atoms with van der Waals surface area (Å²) in [6.45, 7) is 0. The third-order valence-corrected chi connectivity index (χ3v) is 2.76. The van der Waals surface area contributed by atoms with E-state index in [2.05, 4.69) is 22.5 Å². The number of aromatic nitrogens is 1. The van der Waals surface area contributed by atoms with Crippen molar-refractivity contribution >= 4 is 17.5 Å². The summed E-state index contributed by atoms with van der Waals surface area (Å²) in [7, 11) is 0. The van der Waals surface area contributed by atoms with Crippen molar-refractivity contribution in [3.63, 3.8) is 0 Å². The number of carbonyl (C=O) groups excluding carboxylic acids is 1. The maximum absolute atomic E-state index is 11.8. The van der Waals surface area contributed by atoms with Crippen LogP contribution in [0.4, 0.5) is 0 Å². The molecule has 1 atom stereocenters. The van der Waals surface area contributed by atoms with E-state index in [-0.39, 0.29) is 11.9 Å². The van der Waals surface area contributed by atoms with E-state index in [1.807, 2.05) is 0 Å². The largest absolute Gasteiger partial charge is 0.348 e. The Hall–Kier alpha value is -1.35. The molecule has 0 fully saturated rings. The summed E-state index contributed by atoms with van der Waals surface area (Å²) in [5.74, 6) is -0.150. The predicted molar refractivity (Wildman–Crippen MR) is 63.5 cm³/mol. The van der Waals surface area contributed by atoms with Crippen molar-refractivity contribution in [2.75, 3.05) is 0 Å². The van der Waals surface area contributed by atoms with Crippen LogP contribution < -0.4 is 5.32 Å². The molecule has 3 nitrogen and oxygen atoms in total. The van der Waals surface area contributed by atoms with E-state index in [1.165, 1.54) is 0 Å². The smallest absolute Gasteiger partial charge is 0.270 e. The maximum atomic E-state index is 11.8. The van der Waals surface area contributed by atoms with E-state index in [0.29, 0.717) is 10.8 Å². The molecule has 4 heteroatoms. The Bertz CT molecular complexity index is 417. The van der Waals surface area contributed by atoms with Crippen molar-refractivity contribution < 1.29 is 4.79 Å². The first-order valence-corrected chi connectivity index (χ1v) is 5.72. The number of rotatable bonds is 2. The van der Waals surface area contributed by atoms with Crippen LogP contribution in [-0.2, 0) is 0 Å². The second-order valence-corrected chi connectivity index (χ2v) is 4.19. The van der Waals surface area contributed by atoms with Crippen LogP contribution in [0.5, 0.6) is 0 Å². The number of hydrogen-bond donors (Lipinski definition) is 1. The lowest BCUT2D eigenvalue weighted by Crippen LogP contribution is -2.35. The molecule has 0 saturated heterocycles. The molecule has 0 aliphatic heterocycles. The summed E-state index contributed by atoms with van der Waals surface area (Å²) in [5.41, 5.74) is 0.377. The van der Waals surface area contributed by atoms with Crippen LogP contribution >= 0.6 is 11.6 Å². The highest BCUT2D eigenvalue weighted by molar-refractivity contribution is 6.29. The second kappa shape index (κ2) is 5.12. The van der Waals surface area contributed by atoms with Crippen molar-refractivity contribution in [1.29, 1.82) is 0 Å². The molecule has 1 unspecified atom stereocenters. The Morgan fingerprint density at radius 2 is 2.31 bits per heavy atom. The average molecular weight is 237 g/mol. The SMILES string of the molecule is O=C(NC1CC=CCC1)c1cccc(Cl)n1. The van der Waals surface area contributed by atoms with Gasteiger partial charge >= 0.3 is 0 Å². The minimum Gasteiger partial charge on any atom is -0.348 e. The average Bonchev–Trinajstić information content (AvgIpc) is 2.30. The van der Waals surface area contributed by atoms with Gasteiger partial charge in [-0.2, -0.15) is 0 Å². The molecule has 0 saturated carbocycles. The van der Waals surface area contributed by atoms with E-state index in [1.54, 1.807) is 18.2 Å². The third-order valence-electron chi connectivity index (χ3n) is 2.55. The zero-order valence-corrected chi connectivity index (χ0v) is 9.57. The molecule has 1 aromatic rings. The van der Waals surface area contributed by atoms with E-state index >= 15 is 0 Å². The highest BCUT2D eigenvalue weighted by atomic mass is 35.5. The molecule has 1 aliphatic rings. The monoisotopic (exact) mass is 236 g/mol. The van der Waals surface area contributed by atoms with Crippen molar-refractivity contribution in [3.8, 4) is 0 Å². The van der Waals surface area contributed by atoms with Crippen molar-refractivity contribution in [2.24, 2.45) is 0 Å². The summed E-state index contributed by atoms with van der Waals surface area (Å²) in [6.07, 6.45) is 7.14. The summed E-state index contributed by atoms with van der Waals surface area (Å²) >= 11 is 5.73. The zero-order valence-electron chi connectivity index (χ0n) is 8.82. The number of nitrogens with zero attached hydrogens (tertiary/aromatic N) is 1. The quantitative estimate of drug-likeness (QED) is 0.634. The molecule has 84 valence electrons. The highest BCUT2D eigenvalue weighted by Crippen LogP contribution is 2.11. The van der Waals surface area contributed by atoms with Crippen LogP contribution in [0, 0.1) is 0 Å². The van der Waals surface area contributed by atoms with Gasteiger partial charge in [-0.3, -0.25) is 4.79 Å². The molecular formula is C12H13ClN2O. The fraction of sp³-hybridized carbons (Fsp3) is 0.333. The van der Waals surface area contributed by atoms with Gasteiger partial charge in [-0.1, -0.05) is 29.8 Å². The minimum atomic E-state index is -0.150. The number of halogens is 1. The number of amides is 1. The van der Waals surface area contributed by atoms with Gasteiger partial charge < -0.3 is 5.32 Å². The molecule has 1 N–H and O–H groups in total. The first-order chi connectivity index (χ1) is 7.75. The normalized spacial score (nSPS) is 19.4. The van der Waals surface area contributed by atoms with E-state index < -0.39 is 0 Å². The molecule has 1 heterocycles. The summed E-state index contributed by atoms with van der Waals surface area (Å²) in [5, 5.41) is 3.29. The second-order valence-electron chi connectivity index (χ2n) is 3.80. The van der Waals surface area contributed by atoms with Crippen LogP contribution in [0.3, 0.4) is 0 Å². The van der Waals surface area contributed by atoms with Crippen LogP contribution in [0.1, 0.15) is 29.8 Å². The van der Waals surface area contributed by atoms with Crippen LogP contribution in [-0.4, -0.2) is 16.9 Å². The van der Waals surface area contributed by atoms with Gasteiger partial charge in [0.05, 0.1) is 0 Å². The molecule has 2 rings (SSSR count). The fourth-order valence-corrected chi connectivity index (χ4v) is 1.88. The molecule has 0 bridgehead atoms. The third kappa shape index (κ3) is 2.83. The Labute approximate surface area is 99.5 Å². The van der Waals surface area contributed by atoms with Gasteiger partial charge in [-0.05, 0) is 31.4 Å². The fourth-order valence-electron chi connectivity index (χ4n) is 1.72. The lowest BCUT2D eigenvalue weighted by molar-refractivity contribution is 0.0929. The first-order valence-electron chi connectivity index (χ1n) is 5.34. The number of nitrogens with one attached hydrogen (secondary N) is 1. The minimum absolute atomic E-state index is 0.150. The number of carbonyl (C=O) groups is 1. The van der Waals surface area contributed by atoms with Crippen molar-refractivity contribution in [3.05, 3.63) is 41.2 Å². The summed E-state index contributed by atoms with van der Waals surface area (Å²) in [6, 6.07) is 5.27. The molecule has 1 aromatic heterocycles. The lowest BCUT2D eigenvalue weighted by atomic mass is 10.0. The molecular weight excluding hydrogens is 224 g/mol. The summed E-state index contributed by atoms with van der Waals surface area (Å²) in [4.78, 5) is 15.8. The number of hydrogen-bond acceptors (Lipinski definition) is 2. The number of pyridine rings is 1. The predicted octanol–water partition coefficient (Wildman–Crippen LogP) is 2.57. The molecule has 0 spiro atoms. The molecule has 0 aromatic carbocycles. The zero-order chi connectivity index (χ0) is 11.4. The molecule has 1 aliphatic carbocycles.